The maximum atomic E-state index is 11.9. The summed E-state index contributed by atoms with van der Waals surface area (Å²) in [5.74, 6) is 0.833. The van der Waals surface area contributed by atoms with Crippen LogP contribution in [0.25, 0.3) is 0 Å². The molecular weight excluding hydrogens is 238 g/mol. The molecular formula is C15H29N3O. The molecule has 1 amide bonds. The summed E-state index contributed by atoms with van der Waals surface area (Å²) in [6, 6.07) is 1.09. The van der Waals surface area contributed by atoms with Crippen molar-refractivity contribution in [2.45, 2.75) is 70.5 Å². The minimum Gasteiger partial charge on any atom is -0.355 e. The third-order valence-electron chi connectivity index (χ3n) is 4.64. The van der Waals surface area contributed by atoms with E-state index in [1.54, 1.807) is 0 Å². The standard InChI is InChI=1S/C15H29N3O/c1-3-16-15(19)11(2)18-14-8-5-4-7-12(14)13-9-6-10-17-13/h11-14,17-18H,3-10H2,1-2H3,(H,16,19). The van der Waals surface area contributed by atoms with E-state index in [1.165, 1.54) is 45.1 Å². The Kier molecular flexibility index (Phi) is 5.64. The summed E-state index contributed by atoms with van der Waals surface area (Å²) in [6.45, 7) is 5.83. The van der Waals surface area contributed by atoms with Crippen molar-refractivity contribution in [2.24, 2.45) is 5.92 Å². The summed E-state index contributed by atoms with van der Waals surface area (Å²) in [5, 5.41) is 10.1. The molecule has 4 atom stereocenters. The summed E-state index contributed by atoms with van der Waals surface area (Å²) in [5.41, 5.74) is 0. The minimum absolute atomic E-state index is 0.0769. The number of hydrogen-bond acceptors (Lipinski definition) is 3. The van der Waals surface area contributed by atoms with Crippen LogP contribution in [0, 0.1) is 5.92 Å². The maximum Gasteiger partial charge on any atom is 0.236 e. The fourth-order valence-corrected chi connectivity index (χ4v) is 3.65. The van der Waals surface area contributed by atoms with Crippen LogP contribution in [0.3, 0.4) is 0 Å². The maximum absolute atomic E-state index is 11.9. The zero-order chi connectivity index (χ0) is 13.7. The van der Waals surface area contributed by atoms with Gasteiger partial charge in [0.2, 0.25) is 5.91 Å². The van der Waals surface area contributed by atoms with Crippen molar-refractivity contribution >= 4 is 5.91 Å². The molecule has 4 nitrogen and oxygen atoms in total. The van der Waals surface area contributed by atoms with Gasteiger partial charge < -0.3 is 16.0 Å². The Hall–Kier alpha value is -0.610. The van der Waals surface area contributed by atoms with Crippen LogP contribution in [-0.4, -0.2) is 37.1 Å². The minimum atomic E-state index is -0.0769. The van der Waals surface area contributed by atoms with Gasteiger partial charge in [0.25, 0.3) is 0 Å². The van der Waals surface area contributed by atoms with Crippen molar-refractivity contribution in [3.8, 4) is 0 Å². The van der Waals surface area contributed by atoms with Gasteiger partial charge in [0.15, 0.2) is 0 Å². The van der Waals surface area contributed by atoms with Crippen LogP contribution in [0.1, 0.15) is 52.4 Å². The largest absolute Gasteiger partial charge is 0.355 e. The number of amides is 1. The fourth-order valence-electron chi connectivity index (χ4n) is 3.65. The molecule has 0 aromatic rings. The number of rotatable bonds is 5. The van der Waals surface area contributed by atoms with Gasteiger partial charge in [-0.3, -0.25) is 4.79 Å². The molecule has 2 rings (SSSR count). The molecule has 0 bridgehead atoms. The second-order valence-corrected chi connectivity index (χ2v) is 6.04. The van der Waals surface area contributed by atoms with Crippen molar-refractivity contribution in [3.63, 3.8) is 0 Å². The Balaban J connectivity index is 1.89. The molecule has 2 fully saturated rings. The number of carbonyl (C=O) groups excluding carboxylic acids is 1. The molecule has 4 heteroatoms. The van der Waals surface area contributed by atoms with E-state index in [9.17, 15) is 4.79 Å². The van der Waals surface area contributed by atoms with Gasteiger partial charge in [-0.2, -0.15) is 0 Å². The van der Waals surface area contributed by atoms with E-state index in [0.717, 1.165) is 0 Å². The van der Waals surface area contributed by atoms with Crippen LogP contribution in [-0.2, 0) is 4.79 Å². The first-order valence-corrected chi connectivity index (χ1v) is 7.99. The molecule has 0 radical (unpaired) electrons. The Morgan fingerprint density at radius 3 is 2.74 bits per heavy atom. The van der Waals surface area contributed by atoms with Crippen LogP contribution < -0.4 is 16.0 Å². The topological polar surface area (TPSA) is 53.2 Å². The number of likely N-dealkylation sites (N-methyl/N-ethyl adjacent to an activating group) is 1. The quantitative estimate of drug-likeness (QED) is 0.706. The highest BCUT2D eigenvalue weighted by atomic mass is 16.2. The van der Waals surface area contributed by atoms with Crippen LogP contribution in [0.15, 0.2) is 0 Å². The van der Waals surface area contributed by atoms with Gasteiger partial charge in [-0.05, 0) is 52.0 Å². The Labute approximate surface area is 117 Å². The Bertz CT molecular complexity index is 289. The molecule has 3 N–H and O–H groups in total. The zero-order valence-corrected chi connectivity index (χ0v) is 12.4. The number of carbonyl (C=O) groups is 1. The molecule has 0 aromatic carbocycles. The van der Waals surface area contributed by atoms with Crippen molar-refractivity contribution in [2.75, 3.05) is 13.1 Å². The van der Waals surface area contributed by atoms with Crippen LogP contribution in [0.4, 0.5) is 0 Å². The summed E-state index contributed by atoms with van der Waals surface area (Å²) in [4.78, 5) is 11.9. The van der Waals surface area contributed by atoms with E-state index in [4.69, 9.17) is 0 Å². The molecule has 1 aliphatic carbocycles. The average molecular weight is 267 g/mol. The molecule has 1 saturated carbocycles. The predicted molar refractivity (Wildman–Crippen MR) is 78.1 cm³/mol. The molecule has 0 aromatic heterocycles. The first-order valence-electron chi connectivity index (χ1n) is 7.99. The molecule has 1 saturated heterocycles. The lowest BCUT2D eigenvalue weighted by Crippen LogP contribution is -2.53. The lowest BCUT2D eigenvalue weighted by atomic mass is 9.79. The fraction of sp³-hybridized carbons (Fsp3) is 0.933. The van der Waals surface area contributed by atoms with Crippen LogP contribution in [0.2, 0.25) is 0 Å². The lowest BCUT2D eigenvalue weighted by Gasteiger charge is -2.37. The summed E-state index contributed by atoms with van der Waals surface area (Å²) in [7, 11) is 0. The second-order valence-electron chi connectivity index (χ2n) is 6.04. The van der Waals surface area contributed by atoms with Crippen molar-refractivity contribution in [1.29, 1.82) is 0 Å². The molecule has 110 valence electrons. The Morgan fingerprint density at radius 1 is 1.26 bits per heavy atom. The first kappa shape index (κ1) is 14.8. The van der Waals surface area contributed by atoms with Gasteiger partial charge >= 0.3 is 0 Å². The van der Waals surface area contributed by atoms with Crippen molar-refractivity contribution < 1.29 is 4.79 Å². The van der Waals surface area contributed by atoms with E-state index in [-0.39, 0.29) is 11.9 Å². The third-order valence-corrected chi connectivity index (χ3v) is 4.64. The smallest absolute Gasteiger partial charge is 0.236 e. The van der Waals surface area contributed by atoms with E-state index in [0.29, 0.717) is 24.5 Å². The average Bonchev–Trinajstić information content (AvgIpc) is 2.93. The summed E-state index contributed by atoms with van der Waals surface area (Å²) >= 11 is 0. The van der Waals surface area contributed by atoms with E-state index in [1.807, 2.05) is 13.8 Å². The molecule has 0 spiro atoms. The normalized spacial score (nSPS) is 33.1. The molecule has 1 aliphatic heterocycles. The van der Waals surface area contributed by atoms with Gasteiger partial charge in [0, 0.05) is 18.6 Å². The van der Waals surface area contributed by atoms with Gasteiger partial charge in [-0.15, -0.1) is 0 Å². The molecule has 4 unspecified atom stereocenters. The van der Waals surface area contributed by atoms with Crippen molar-refractivity contribution in [1.82, 2.24) is 16.0 Å². The highest BCUT2D eigenvalue weighted by Gasteiger charge is 2.34. The number of nitrogens with one attached hydrogen (secondary N) is 3. The summed E-state index contributed by atoms with van der Waals surface area (Å²) in [6.07, 6.45) is 7.77. The van der Waals surface area contributed by atoms with Gasteiger partial charge in [-0.1, -0.05) is 12.8 Å². The molecule has 2 aliphatic rings. The number of hydrogen-bond donors (Lipinski definition) is 3. The molecule has 1 heterocycles. The van der Waals surface area contributed by atoms with Crippen LogP contribution in [0.5, 0.6) is 0 Å². The lowest BCUT2D eigenvalue weighted by molar-refractivity contribution is -0.123. The SMILES string of the molecule is CCNC(=O)C(C)NC1CCCCC1C1CCCN1. The predicted octanol–water partition coefficient (Wildman–Crippen LogP) is 1.41. The van der Waals surface area contributed by atoms with Gasteiger partial charge in [0.1, 0.15) is 0 Å². The summed E-state index contributed by atoms with van der Waals surface area (Å²) < 4.78 is 0. The van der Waals surface area contributed by atoms with Crippen LogP contribution >= 0.6 is 0 Å². The van der Waals surface area contributed by atoms with E-state index in [2.05, 4.69) is 16.0 Å². The Morgan fingerprint density at radius 2 is 2.05 bits per heavy atom. The van der Waals surface area contributed by atoms with Crippen molar-refractivity contribution in [3.05, 3.63) is 0 Å². The highest BCUT2D eigenvalue weighted by molar-refractivity contribution is 5.81. The first-order chi connectivity index (χ1) is 9.22. The second kappa shape index (κ2) is 7.25. The third kappa shape index (κ3) is 3.93. The van der Waals surface area contributed by atoms with E-state index >= 15 is 0 Å². The highest BCUT2D eigenvalue weighted by Crippen LogP contribution is 2.30. The van der Waals surface area contributed by atoms with Gasteiger partial charge in [-0.25, -0.2) is 0 Å². The monoisotopic (exact) mass is 267 g/mol. The van der Waals surface area contributed by atoms with E-state index < -0.39 is 0 Å². The van der Waals surface area contributed by atoms with Gasteiger partial charge in [0.05, 0.1) is 6.04 Å². The molecule has 19 heavy (non-hydrogen) atoms. The zero-order valence-electron chi connectivity index (χ0n) is 12.4.